The van der Waals surface area contributed by atoms with E-state index in [0.717, 1.165) is 0 Å². The van der Waals surface area contributed by atoms with Gasteiger partial charge in [-0.05, 0) is 11.6 Å². The molecule has 92 valence electrons. The van der Waals surface area contributed by atoms with Crippen molar-refractivity contribution in [3.8, 4) is 6.07 Å². The van der Waals surface area contributed by atoms with E-state index in [1.807, 2.05) is 0 Å². The number of hydrogen-bond acceptors (Lipinski definition) is 2. The third-order valence-corrected chi connectivity index (χ3v) is 1.81. The van der Waals surface area contributed by atoms with Crippen molar-refractivity contribution in [3.63, 3.8) is 0 Å². The van der Waals surface area contributed by atoms with Gasteiger partial charge in [0.1, 0.15) is 11.4 Å². The van der Waals surface area contributed by atoms with Gasteiger partial charge < -0.3 is 0 Å². The summed E-state index contributed by atoms with van der Waals surface area (Å²) in [5.74, 6) is 0. The molecule has 0 saturated carbocycles. The first-order valence-corrected chi connectivity index (χ1v) is 4.17. The Kier molecular flexibility index (Phi) is 3.31. The van der Waals surface area contributed by atoms with Gasteiger partial charge in [-0.15, -0.1) is 0 Å². The third kappa shape index (κ3) is 3.09. The zero-order valence-corrected chi connectivity index (χ0v) is 8.02. The summed E-state index contributed by atoms with van der Waals surface area (Å²) < 4.78 is 73.7. The molecule has 0 radical (unpaired) electrons. The van der Waals surface area contributed by atoms with Crippen LogP contribution in [0.1, 0.15) is 17.0 Å². The fourth-order valence-electron chi connectivity index (χ4n) is 1.12. The second-order valence-corrected chi connectivity index (χ2v) is 3.03. The van der Waals surface area contributed by atoms with Crippen LogP contribution in [0.4, 0.5) is 26.3 Å². The van der Waals surface area contributed by atoms with E-state index >= 15 is 0 Å². The highest BCUT2D eigenvalue weighted by molar-refractivity contribution is 5.28. The number of nitriles is 1. The van der Waals surface area contributed by atoms with E-state index in [-0.39, 0.29) is 0 Å². The van der Waals surface area contributed by atoms with Crippen molar-refractivity contribution in [1.82, 2.24) is 4.98 Å². The number of pyridine rings is 1. The highest BCUT2D eigenvalue weighted by Crippen LogP contribution is 2.34. The SMILES string of the molecule is N#CCc1ccc(C(F)(F)F)nc1C(F)(F)F. The number of aromatic nitrogens is 1. The average molecular weight is 254 g/mol. The van der Waals surface area contributed by atoms with Gasteiger partial charge in [0.05, 0.1) is 12.5 Å². The van der Waals surface area contributed by atoms with Crippen LogP contribution in [-0.4, -0.2) is 4.98 Å². The summed E-state index contributed by atoms with van der Waals surface area (Å²) in [6, 6.07) is 2.46. The summed E-state index contributed by atoms with van der Waals surface area (Å²) in [6.07, 6.45) is -10.6. The Morgan fingerprint density at radius 2 is 1.65 bits per heavy atom. The number of hydrogen-bond donors (Lipinski definition) is 0. The molecular formula is C9H4F6N2. The lowest BCUT2D eigenvalue weighted by molar-refractivity contribution is -0.150. The minimum Gasteiger partial charge on any atom is -0.238 e. The maximum atomic E-state index is 12.4. The topological polar surface area (TPSA) is 36.7 Å². The molecule has 0 saturated heterocycles. The summed E-state index contributed by atoms with van der Waals surface area (Å²) in [4.78, 5) is 2.53. The molecule has 1 aromatic rings. The highest BCUT2D eigenvalue weighted by Gasteiger charge is 2.39. The van der Waals surface area contributed by atoms with Crippen LogP contribution in [0, 0.1) is 11.3 Å². The smallest absolute Gasteiger partial charge is 0.238 e. The predicted molar refractivity (Wildman–Crippen MR) is 43.6 cm³/mol. The molecule has 17 heavy (non-hydrogen) atoms. The van der Waals surface area contributed by atoms with Crippen molar-refractivity contribution in [2.75, 3.05) is 0 Å². The van der Waals surface area contributed by atoms with Crippen LogP contribution < -0.4 is 0 Å². The Labute approximate surface area is 91.5 Å². The van der Waals surface area contributed by atoms with Gasteiger partial charge in [-0.2, -0.15) is 31.6 Å². The fraction of sp³-hybridized carbons (Fsp3) is 0.333. The van der Waals surface area contributed by atoms with Crippen LogP contribution in [0.2, 0.25) is 0 Å². The molecule has 0 aromatic carbocycles. The summed E-state index contributed by atoms with van der Waals surface area (Å²) in [6.45, 7) is 0. The Morgan fingerprint density at radius 3 is 2.06 bits per heavy atom. The first-order valence-electron chi connectivity index (χ1n) is 4.17. The van der Waals surface area contributed by atoms with Crippen LogP contribution in [0.15, 0.2) is 12.1 Å². The van der Waals surface area contributed by atoms with Crippen LogP contribution in [0.5, 0.6) is 0 Å². The van der Waals surface area contributed by atoms with Gasteiger partial charge in [0, 0.05) is 0 Å². The molecule has 0 unspecified atom stereocenters. The van der Waals surface area contributed by atoms with Gasteiger partial charge in [-0.1, -0.05) is 6.07 Å². The summed E-state index contributed by atoms with van der Waals surface area (Å²) >= 11 is 0. The van der Waals surface area contributed by atoms with Gasteiger partial charge >= 0.3 is 12.4 Å². The second-order valence-electron chi connectivity index (χ2n) is 3.03. The Hall–Kier alpha value is -1.78. The minimum absolute atomic E-state index is 0.419. The molecule has 0 bridgehead atoms. The van der Waals surface area contributed by atoms with E-state index < -0.39 is 35.7 Å². The molecule has 0 aliphatic rings. The number of nitrogens with zero attached hydrogens (tertiary/aromatic N) is 2. The maximum absolute atomic E-state index is 12.4. The van der Waals surface area contributed by atoms with Crippen LogP contribution >= 0.6 is 0 Å². The zero-order chi connectivity index (χ0) is 13.3. The van der Waals surface area contributed by atoms with Crippen molar-refractivity contribution in [2.45, 2.75) is 18.8 Å². The maximum Gasteiger partial charge on any atom is 0.433 e. The van der Waals surface area contributed by atoms with Crippen LogP contribution in [-0.2, 0) is 18.8 Å². The number of alkyl halides is 6. The zero-order valence-electron chi connectivity index (χ0n) is 8.02. The van der Waals surface area contributed by atoms with Gasteiger partial charge in [0.25, 0.3) is 0 Å². The molecule has 1 heterocycles. The van der Waals surface area contributed by atoms with E-state index in [9.17, 15) is 26.3 Å². The quantitative estimate of drug-likeness (QED) is 0.721. The first kappa shape index (κ1) is 13.3. The number of halogens is 6. The molecule has 0 amide bonds. The van der Waals surface area contributed by atoms with Gasteiger partial charge in [-0.3, -0.25) is 0 Å². The Bertz CT molecular complexity index is 454. The summed E-state index contributed by atoms with van der Waals surface area (Å²) in [5, 5.41) is 8.27. The van der Waals surface area contributed by atoms with Crippen molar-refractivity contribution in [2.24, 2.45) is 0 Å². The van der Waals surface area contributed by atoms with Gasteiger partial charge in [0.15, 0.2) is 0 Å². The normalized spacial score (nSPS) is 12.3. The van der Waals surface area contributed by atoms with Crippen molar-refractivity contribution < 1.29 is 26.3 Å². The minimum atomic E-state index is -5.02. The lowest BCUT2D eigenvalue weighted by atomic mass is 10.1. The largest absolute Gasteiger partial charge is 0.433 e. The first-order chi connectivity index (χ1) is 7.66. The standard InChI is InChI=1S/C9H4F6N2/c10-8(11,12)6-2-1-5(3-4-16)7(17-6)9(13,14)15/h1-2H,3H2. The lowest BCUT2D eigenvalue weighted by Gasteiger charge is -2.13. The Balaban J connectivity index is 3.36. The van der Waals surface area contributed by atoms with E-state index in [1.165, 1.54) is 6.07 Å². The molecule has 2 nitrogen and oxygen atoms in total. The molecule has 1 aromatic heterocycles. The van der Waals surface area contributed by atoms with Crippen molar-refractivity contribution in [3.05, 3.63) is 29.1 Å². The van der Waals surface area contributed by atoms with Crippen molar-refractivity contribution in [1.29, 1.82) is 5.26 Å². The van der Waals surface area contributed by atoms with Crippen LogP contribution in [0.3, 0.4) is 0 Å². The fourth-order valence-corrected chi connectivity index (χ4v) is 1.12. The van der Waals surface area contributed by atoms with Gasteiger partial charge in [-0.25, -0.2) is 4.98 Å². The second kappa shape index (κ2) is 4.24. The average Bonchev–Trinajstić information content (AvgIpc) is 2.15. The monoisotopic (exact) mass is 254 g/mol. The molecular weight excluding hydrogens is 250 g/mol. The summed E-state index contributed by atoms with van der Waals surface area (Å²) in [7, 11) is 0. The van der Waals surface area contributed by atoms with E-state index in [0.29, 0.717) is 12.1 Å². The molecule has 0 atom stereocenters. The van der Waals surface area contributed by atoms with Crippen molar-refractivity contribution >= 4 is 0 Å². The van der Waals surface area contributed by atoms with Crippen LogP contribution in [0.25, 0.3) is 0 Å². The Morgan fingerprint density at radius 1 is 1.06 bits per heavy atom. The molecule has 0 N–H and O–H groups in total. The molecule has 0 aliphatic carbocycles. The predicted octanol–water partition coefficient (Wildman–Crippen LogP) is 3.19. The molecule has 1 rings (SSSR count). The summed E-state index contributed by atoms with van der Waals surface area (Å²) in [5.41, 5.74) is -3.88. The number of rotatable bonds is 1. The van der Waals surface area contributed by atoms with E-state index in [1.54, 1.807) is 0 Å². The highest BCUT2D eigenvalue weighted by atomic mass is 19.4. The molecule has 8 heteroatoms. The van der Waals surface area contributed by atoms with E-state index in [4.69, 9.17) is 5.26 Å². The molecule has 0 aliphatic heterocycles. The molecule has 0 spiro atoms. The molecule has 0 fully saturated rings. The van der Waals surface area contributed by atoms with Gasteiger partial charge in [0.2, 0.25) is 0 Å². The third-order valence-electron chi connectivity index (χ3n) is 1.81. The lowest BCUT2D eigenvalue weighted by Crippen LogP contribution is -2.17. The van der Waals surface area contributed by atoms with E-state index in [2.05, 4.69) is 4.98 Å².